The monoisotopic (exact) mass is 278 g/mol. The first-order valence-electron chi connectivity index (χ1n) is 6.31. The molecule has 108 valence electrons. The van der Waals surface area contributed by atoms with Crippen molar-refractivity contribution >= 4 is 11.9 Å². The number of carbonyl (C=O) groups is 2. The summed E-state index contributed by atoms with van der Waals surface area (Å²) in [6.07, 6.45) is 2.79. The number of nitrogens with zero attached hydrogens (tertiary/aromatic N) is 2. The lowest BCUT2D eigenvalue weighted by Gasteiger charge is -2.20. The van der Waals surface area contributed by atoms with Crippen molar-refractivity contribution in [2.45, 2.75) is 13.8 Å². The minimum atomic E-state index is -1.19. The van der Waals surface area contributed by atoms with Gasteiger partial charge in [-0.2, -0.15) is 0 Å². The van der Waals surface area contributed by atoms with Gasteiger partial charge in [-0.3, -0.25) is 4.79 Å². The fourth-order valence-electron chi connectivity index (χ4n) is 1.67. The zero-order valence-electron chi connectivity index (χ0n) is 11.6. The average molecular weight is 278 g/mol. The smallest absolute Gasteiger partial charge is 0.354 e. The molecule has 1 N–H and O–H groups in total. The largest absolute Gasteiger partial charge is 0.487 e. The number of amides is 1. The summed E-state index contributed by atoms with van der Waals surface area (Å²) in [7, 11) is 0. The second-order valence-corrected chi connectivity index (χ2v) is 3.95. The number of hydrogen-bond acceptors (Lipinski definition) is 4. The van der Waals surface area contributed by atoms with Crippen LogP contribution in [0.4, 0.5) is 0 Å². The van der Waals surface area contributed by atoms with E-state index in [1.54, 1.807) is 4.90 Å². The SMILES string of the molecule is C=CCOc1cnc(C(=O)O)cc1C(=O)N(CC)CC. The molecule has 1 aromatic heterocycles. The lowest BCUT2D eigenvalue weighted by atomic mass is 10.1. The maximum Gasteiger partial charge on any atom is 0.354 e. The summed E-state index contributed by atoms with van der Waals surface area (Å²) in [5.41, 5.74) is 0.00871. The fourth-order valence-corrected chi connectivity index (χ4v) is 1.67. The number of rotatable bonds is 7. The molecule has 0 aliphatic carbocycles. The maximum atomic E-state index is 12.4. The third kappa shape index (κ3) is 3.57. The molecular formula is C14H18N2O4. The number of pyridine rings is 1. The van der Waals surface area contributed by atoms with Crippen LogP contribution in [0, 0.1) is 0 Å². The van der Waals surface area contributed by atoms with Crippen LogP contribution in [0.15, 0.2) is 24.9 Å². The molecule has 0 spiro atoms. The Morgan fingerprint density at radius 1 is 1.45 bits per heavy atom. The van der Waals surface area contributed by atoms with E-state index in [0.717, 1.165) is 0 Å². The Balaban J connectivity index is 3.22. The summed E-state index contributed by atoms with van der Waals surface area (Å²) in [5.74, 6) is -1.21. The highest BCUT2D eigenvalue weighted by Gasteiger charge is 2.20. The predicted molar refractivity (Wildman–Crippen MR) is 74.1 cm³/mol. The van der Waals surface area contributed by atoms with Gasteiger partial charge in [0, 0.05) is 13.1 Å². The molecule has 0 saturated carbocycles. The van der Waals surface area contributed by atoms with Crippen LogP contribution < -0.4 is 4.74 Å². The first kappa shape index (κ1) is 15.7. The minimum absolute atomic E-state index is 0.188. The van der Waals surface area contributed by atoms with Crippen molar-refractivity contribution in [3.63, 3.8) is 0 Å². The number of hydrogen-bond donors (Lipinski definition) is 1. The van der Waals surface area contributed by atoms with Crippen molar-refractivity contribution in [1.29, 1.82) is 0 Å². The Kier molecular flexibility index (Phi) is 5.71. The van der Waals surface area contributed by atoms with E-state index in [1.807, 2.05) is 13.8 Å². The van der Waals surface area contributed by atoms with Gasteiger partial charge < -0.3 is 14.7 Å². The number of aromatic nitrogens is 1. The standard InChI is InChI=1S/C14H18N2O4/c1-4-7-20-12-9-15-11(14(18)19)8-10(12)13(17)16(5-2)6-3/h4,8-9H,1,5-7H2,2-3H3,(H,18,19). The highest BCUT2D eigenvalue weighted by atomic mass is 16.5. The zero-order chi connectivity index (χ0) is 15.1. The molecule has 1 rings (SSSR count). The van der Waals surface area contributed by atoms with Gasteiger partial charge in [-0.25, -0.2) is 9.78 Å². The third-order valence-corrected chi connectivity index (χ3v) is 2.72. The van der Waals surface area contributed by atoms with Crippen LogP contribution in [0.5, 0.6) is 5.75 Å². The van der Waals surface area contributed by atoms with Gasteiger partial charge in [0.1, 0.15) is 12.3 Å². The van der Waals surface area contributed by atoms with Gasteiger partial charge in [-0.15, -0.1) is 0 Å². The molecule has 1 amide bonds. The first-order valence-corrected chi connectivity index (χ1v) is 6.31. The molecule has 0 radical (unpaired) electrons. The predicted octanol–water partition coefficient (Wildman–Crippen LogP) is 1.83. The van der Waals surface area contributed by atoms with E-state index < -0.39 is 5.97 Å². The molecule has 0 unspecified atom stereocenters. The summed E-state index contributed by atoms with van der Waals surface area (Å²) in [4.78, 5) is 28.7. The van der Waals surface area contributed by atoms with Crippen LogP contribution in [0.25, 0.3) is 0 Å². The summed E-state index contributed by atoms with van der Waals surface area (Å²) in [5, 5.41) is 8.97. The van der Waals surface area contributed by atoms with Crippen molar-refractivity contribution in [3.8, 4) is 5.75 Å². The van der Waals surface area contributed by atoms with Crippen molar-refractivity contribution < 1.29 is 19.4 Å². The number of aromatic carboxylic acids is 1. The van der Waals surface area contributed by atoms with E-state index in [0.29, 0.717) is 13.1 Å². The Morgan fingerprint density at radius 2 is 2.10 bits per heavy atom. The zero-order valence-corrected chi connectivity index (χ0v) is 11.6. The second-order valence-electron chi connectivity index (χ2n) is 3.95. The molecule has 0 aromatic carbocycles. The maximum absolute atomic E-state index is 12.4. The van der Waals surface area contributed by atoms with Gasteiger partial charge in [0.15, 0.2) is 5.75 Å². The quantitative estimate of drug-likeness (QED) is 0.770. The number of carboxylic acids is 1. The van der Waals surface area contributed by atoms with Crippen LogP contribution in [0.3, 0.4) is 0 Å². The molecule has 0 aliphatic heterocycles. The van der Waals surface area contributed by atoms with E-state index in [1.165, 1.54) is 18.3 Å². The average Bonchev–Trinajstić information content (AvgIpc) is 2.45. The van der Waals surface area contributed by atoms with Crippen LogP contribution in [0.2, 0.25) is 0 Å². The number of carbonyl (C=O) groups excluding carboxylic acids is 1. The van der Waals surface area contributed by atoms with Crippen molar-refractivity contribution in [3.05, 3.63) is 36.2 Å². The van der Waals surface area contributed by atoms with Crippen molar-refractivity contribution in [2.75, 3.05) is 19.7 Å². The molecule has 0 bridgehead atoms. The van der Waals surface area contributed by atoms with Crippen LogP contribution in [-0.4, -0.2) is 46.6 Å². The van der Waals surface area contributed by atoms with Crippen LogP contribution in [-0.2, 0) is 0 Å². The fraction of sp³-hybridized carbons (Fsp3) is 0.357. The summed E-state index contributed by atoms with van der Waals surface area (Å²) < 4.78 is 5.36. The Hall–Kier alpha value is -2.37. The third-order valence-electron chi connectivity index (χ3n) is 2.72. The molecule has 1 heterocycles. The molecule has 6 heteroatoms. The van der Waals surface area contributed by atoms with Crippen LogP contribution in [0.1, 0.15) is 34.7 Å². The van der Waals surface area contributed by atoms with Gasteiger partial charge in [0.2, 0.25) is 0 Å². The second kappa shape index (κ2) is 7.28. The van der Waals surface area contributed by atoms with Gasteiger partial charge >= 0.3 is 5.97 Å². The molecule has 6 nitrogen and oxygen atoms in total. The summed E-state index contributed by atoms with van der Waals surface area (Å²) in [6, 6.07) is 1.24. The normalized spacial score (nSPS) is 9.90. The molecule has 0 fully saturated rings. The highest BCUT2D eigenvalue weighted by molar-refractivity contribution is 5.99. The number of ether oxygens (including phenoxy) is 1. The molecule has 20 heavy (non-hydrogen) atoms. The van der Waals surface area contributed by atoms with Gasteiger partial charge in [-0.05, 0) is 19.9 Å². The molecule has 0 atom stereocenters. The Labute approximate surface area is 117 Å². The van der Waals surface area contributed by atoms with E-state index in [4.69, 9.17) is 9.84 Å². The van der Waals surface area contributed by atoms with E-state index >= 15 is 0 Å². The Morgan fingerprint density at radius 3 is 2.60 bits per heavy atom. The summed E-state index contributed by atoms with van der Waals surface area (Å²) >= 11 is 0. The molecule has 1 aromatic rings. The van der Waals surface area contributed by atoms with Crippen molar-refractivity contribution in [2.24, 2.45) is 0 Å². The van der Waals surface area contributed by atoms with Crippen LogP contribution >= 0.6 is 0 Å². The van der Waals surface area contributed by atoms with E-state index in [2.05, 4.69) is 11.6 Å². The highest BCUT2D eigenvalue weighted by Crippen LogP contribution is 2.20. The van der Waals surface area contributed by atoms with Gasteiger partial charge in [0.05, 0.1) is 11.8 Å². The molecule has 0 aliphatic rings. The van der Waals surface area contributed by atoms with Gasteiger partial charge in [-0.1, -0.05) is 12.7 Å². The lowest BCUT2D eigenvalue weighted by molar-refractivity contribution is 0.0690. The van der Waals surface area contributed by atoms with Gasteiger partial charge in [0.25, 0.3) is 5.91 Å². The Bertz CT molecular complexity index is 510. The minimum Gasteiger partial charge on any atom is -0.487 e. The van der Waals surface area contributed by atoms with E-state index in [-0.39, 0.29) is 29.5 Å². The molecule has 0 saturated heterocycles. The van der Waals surface area contributed by atoms with Crippen molar-refractivity contribution in [1.82, 2.24) is 9.88 Å². The lowest BCUT2D eigenvalue weighted by Crippen LogP contribution is -2.31. The molecular weight excluding hydrogens is 260 g/mol. The topological polar surface area (TPSA) is 79.7 Å². The summed E-state index contributed by atoms with van der Waals surface area (Å²) in [6.45, 7) is 8.51. The van der Waals surface area contributed by atoms with E-state index in [9.17, 15) is 9.59 Å². The first-order chi connectivity index (χ1) is 9.54. The number of carboxylic acid groups (broad SMARTS) is 1.